The van der Waals surface area contributed by atoms with Crippen LogP contribution in [-0.4, -0.2) is 29.8 Å². The number of rotatable bonds is 5. The highest BCUT2D eigenvalue weighted by Crippen LogP contribution is 2.14. The van der Waals surface area contributed by atoms with Crippen LogP contribution in [0.2, 0.25) is 0 Å². The summed E-state index contributed by atoms with van der Waals surface area (Å²) >= 11 is 0. The summed E-state index contributed by atoms with van der Waals surface area (Å²) < 4.78 is 0. The molecule has 2 amide bonds. The number of anilines is 1. The fourth-order valence-corrected chi connectivity index (χ4v) is 3.12. The van der Waals surface area contributed by atoms with Gasteiger partial charge >= 0.3 is 0 Å². The van der Waals surface area contributed by atoms with E-state index in [4.69, 9.17) is 0 Å². The molecule has 0 aromatic heterocycles. The SMILES string of the molecule is O=C(Cc1ccccc1)Nc1ccc(CC(=O)N2CCCCC2)cc1. The van der Waals surface area contributed by atoms with Gasteiger partial charge in [-0.1, -0.05) is 42.5 Å². The topological polar surface area (TPSA) is 49.4 Å². The van der Waals surface area contributed by atoms with Crippen LogP contribution in [0.5, 0.6) is 0 Å². The minimum atomic E-state index is -0.0386. The molecule has 0 aliphatic carbocycles. The van der Waals surface area contributed by atoms with Gasteiger partial charge in [0.05, 0.1) is 12.8 Å². The van der Waals surface area contributed by atoms with E-state index < -0.39 is 0 Å². The van der Waals surface area contributed by atoms with Crippen molar-refractivity contribution in [1.82, 2.24) is 4.90 Å². The maximum atomic E-state index is 12.3. The second-order valence-electron chi connectivity index (χ2n) is 6.53. The lowest BCUT2D eigenvalue weighted by Crippen LogP contribution is -2.36. The van der Waals surface area contributed by atoms with Gasteiger partial charge in [0.15, 0.2) is 0 Å². The number of amides is 2. The van der Waals surface area contributed by atoms with Gasteiger partial charge in [-0.2, -0.15) is 0 Å². The van der Waals surface area contributed by atoms with Crippen LogP contribution in [0, 0.1) is 0 Å². The summed E-state index contributed by atoms with van der Waals surface area (Å²) in [5, 5.41) is 2.90. The first-order valence-electron chi connectivity index (χ1n) is 8.91. The minimum Gasteiger partial charge on any atom is -0.342 e. The zero-order chi connectivity index (χ0) is 17.5. The average molecular weight is 336 g/mol. The van der Waals surface area contributed by atoms with E-state index in [1.165, 1.54) is 6.42 Å². The molecule has 4 heteroatoms. The van der Waals surface area contributed by atoms with Crippen LogP contribution in [0.4, 0.5) is 5.69 Å². The van der Waals surface area contributed by atoms with Gasteiger partial charge in [0.1, 0.15) is 0 Å². The molecule has 1 fully saturated rings. The molecule has 0 radical (unpaired) electrons. The van der Waals surface area contributed by atoms with Crippen molar-refractivity contribution in [1.29, 1.82) is 0 Å². The third kappa shape index (κ3) is 5.18. The van der Waals surface area contributed by atoms with Gasteiger partial charge in [-0.3, -0.25) is 9.59 Å². The highest BCUT2D eigenvalue weighted by Gasteiger charge is 2.16. The summed E-state index contributed by atoms with van der Waals surface area (Å²) in [4.78, 5) is 26.3. The molecule has 2 aromatic carbocycles. The van der Waals surface area contributed by atoms with Gasteiger partial charge in [-0.25, -0.2) is 0 Å². The van der Waals surface area contributed by atoms with E-state index in [0.29, 0.717) is 12.8 Å². The molecular formula is C21H24N2O2. The van der Waals surface area contributed by atoms with Crippen molar-refractivity contribution < 1.29 is 9.59 Å². The van der Waals surface area contributed by atoms with Crippen LogP contribution in [-0.2, 0) is 22.4 Å². The smallest absolute Gasteiger partial charge is 0.228 e. The third-order valence-corrected chi connectivity index (χ3v) is 4.51. The molecule has 2 aromatic rings. The van der Waals surface area contributed by atoms with Crippen molar-refractivity contribution in [3.8, 4) is 0 Å². The Morgan fingerprint density at radius 2 is 1.44 bits per heavy atom. The Hall–Kier alpha value is -2.62. The molecule has 1 saturated heterocycles. The highest BCUT2D eigenvalue weighted by atomic mass is 16.2. The Labute approximate surface area is 148 Å². The van der Waals surface area contributed by atoms with E-state index in [9.17, 15) is 9.59 Å². The fraction of sp³-hybridized carbons (Fsp3) is 0.333. The Bertz CT molecular complexity index is 704. The number of nitrogens with zero attached hydrogens (tertiary/aromatic N) is 1. The van der Waals surface area contributed by atoms with Gasteiger partial charge in [-0.15, -0.1) is 0 Å². The lowest BCUT2D eigenvalue weighted by atomic mass is 10.1. The Morgan fingerprint density at radius 3 is 2.12 bits per heavy atom. The predicted molar refractivity (Wildman–Crippen MR) is 99.4 cm³/mol. The van der Waals surface area contributed by atoms with E-state index in [-0.39, 0.29) is 11.8 Å². The number of nitrogens with one attached hydrogen (secondary N) is 1. The Morgan fingerprint density at radius 1 is 0.800 bits per heavy atom. The summed E-state index contributed by atoms with van der Waals surface area (Å²) in [6.45, 7) is 1.76. The molecule has 3 rings (SSSR count). The quantitative estimate of drug-likeness (QED) is 0.909. The molecule has 0 bridgehead atoms. The molecule has 0 saturated carbocycles. The molecule has 4 nitrogen and oxygen atoms in total. The zero-order valence-corrected chi connectivity index (χ0v) is 14.4. The standard InChI is InChI=1S/C21H24N2O2/c24-20(15-17-7-3-1-4-8-17)22-19-11-9-18(10-12-19)16-21(25)23-13-5-2-6-14-23/h1,3-4,7-12H,2,5-6,13-16H2,(H,22,24). The maximum Gasteiger partial charge on any atom is 0.228 e. The average Bonchev–Trinajstić information content (AvgIpc) is 2.65. The molecule has 0 atom stereocenters. The number of hydrogen-bond donors (Lipinski definition) is 1. The summed E-state index contributed by atoms with van der Waals surface area (Å²) in [5.74, 6) is 0.156. The molecule has 1 aliphatic heterocycles. The zero-order valence-electron chi connectivity index (χ0n) is 14.4. The number of piperidine rings is 1. The van der Waals surface area contributed by atoms with Crippen molar-refractivity contribution in [3.63, 3.8) is 0 Å². The van der Waals surface area contributed by atoms with Crippen molar-refractivity contribution in [2.24, 2.45) is 0 Å². The monoisotopic (exact) mass is 336 g/mol. The number of carbonyl (C=O) groups is 2. The molecule has 1 aliphatic rings. The highest BCUT2D eigenvalue weighted by molar-refractivity contribution is 5.92. The largest absolute Gasteiger partial charge is 0.342 e. The van der Waals surface area contributed by atoms with Gasteiger partial charge in [0.2, 0.25) is 11.8 Å². The van der Waals surface area contributed by atoms with E-state index in [0.717, 1.165) is 42.7 Å². The van der Waals surface area contributed by atoms with Crippen LogP contribution in [0.15, 0.2) is 54.6 Å². The van der Waals surface area contributed by atoms with Crippen LogP contribution in [0.3, 0.4) is 0 Å². The van der Waals surface area contributed by atoms with E-state index in [2.05, 4.69) is 5.32 Å². The lowest BCUT2D eigenvalue weighted by Gasteiger charge is -2.26. The number of likely N-dealkylation sites (tertiary alicyclic amines) is 1. The van der Waals surface area contributed by atoms with Crippen molar-refractivity contribution >= 4 is 17.5 Å². The van der Waals surface area contributed by atoms with Gasteiger partial charge < -0.3 is 10.2 Å². The van der Waals surface area contributed by atoms with E-state index in [1.807, 2.05) is 59.5 Å². The second kappa shape index (κ2) is 8.47. The molecule has 130 valence electrons. The van der Waals surface area contributed by atoms with Crippen LogP contribution in [0.25, 0.3) is 0 Å². The van der Waals surface area contributed by atoms with Crippen molar-refractivity contribution in [2.45, 2.75) is 32.1 Å². The Balaban J connectivity index is 1.51. The molecule has 1 heterocycles. The van der Waals surface area contributed by atoms with Crippen LogP contribution < -0.4 is 5.32 Å². The molecule has 0 unspecified atom stereocenters. The van der Waals surface area contributed by atoms with Gasteiger partial charge in [0.25, 0.3) is 0 Å². The fourth-order valence-electron chi connectivity index (χ4n) is 3.12. The second-order valence-corrected chi connectivity index (χ2v) is 6.53. The summed E-state index contributed by atoms with van der Waals surface area (Å²) in [6.07, 6.45) is 4.23. The third-order valence-electron chi connectivity index (χ3n) is 4.51. The van der Waals surface area contributed by atoms with Crippen molar-refractivity contribution in [2.75, 3.05) is 18.4 Å². The lowest BCUT2D eigenvalue weighted by molar-refractivity contribution is -0.131. The normalized spacial score (nSPS) is 14.2. The molecule has 25 heavy (non-hydrogen) atoms. The van der Waals surface area contributed by atoms with Gasteiger partial charge in [-0.05, 0) is 42.5 Å². The number of benzene rings is 2. The minimum absolute atomic E-state index is 0.0386. The first kappa shape index (κ1) is 17.2. The first-order chi connectivity index (χ1) is 12.2. The Kier molecular flexibility index (Phi) is 5.83. The molecule has 0 spiro atoms. The summed E-state index contributed by atoms with van der Waals surface area (Å²) in [7, 11) is 0. The van der Waals surface area contributed by atoms with E-state index in [1.54, 1.807) is 0 Å². The predicted octanol–water partition coefficient (Wildman–Crippen LogP) is 3.42. The molecule has 1 N–H and O–H groups in total. The van der Waals surface area contributed by atoms with Crippen LogP contribution >= 0.6 is 0 Å². The maximum absolute atomic E-state index is 12.3. The molecular weight excluding hydrogens is 312 g/mol. The van der Waals surface area contributed by atoms with E-state index >= 15 is 0 Å². The number of hydrogen-bond acceptors (Lipinski definition) is 2. The van der Waals surface area contributed by atoms with Gasteiger partial charge in [0, 0.05) is 18.8 Å². The van der Waals surface area contributed by atoms with Crippen LogP contribution in [0.1, 0.15) is 30.4 Å². The first-order valence-corrected chi connectivity index (χ1v) is 8.91. The summed E-state index contributed by atoms with van der Waals surface area (Å²) in [6, 6.07) is 17.2. The summed E-state index contributed by atoms with van der Waals surface area (Å²) in [5.41, 5.74) is 2.73. The van der Waals surface area contributed by atoms with Crippen molar-refractivity contribution in [3.05, 3.63) is 65.7 Å². The number of carbonyl (C=O) groups excluding carboxylic acids is 2.